The molecule has 16 heavy (non-hydrogen) atoms. The SMILES string of the molecule is CC(C)C(=O)N1CCCC2(CCNC2)C1.Cl. The van der Waals surface area contributed by atoms with Crippen LogP contribution < -0.4 is 5.32 Å². The summed E-state index contributed by atoms with van der Waals surface area (Å²) in [6.45, 7) is 8.18. The molecule has 2 saturated heterocycles. The van der Waals surface area contributed by atoms with Gasteiger partial charge in [0, 0.05) is 31.0 Å². The lowest BCUT2D eigenvalue weighted by molar-refractivity contribution is -0.137. The van der Waals surface area contributed by atoms with E-state index in [1.165, 1.54) is 19.3 Å². The minimum atomic E-state index is 0. The van der Waals surface area contributed by atoms with Crippen LogP contribution in [-0.2, 0) is 4.79 Å². The summed E-state index contributed by atoms with van der Waals surface area (Å²) in [5.74, 6) is 0.482. The number of amides is 1. The molecule has 3 nitrogen and oxygen atoms in total. The van der Waals surface area contributed by atoms with Crippen LogP contribution in [0, 0.1) is 11.3 Å². The molecule has 2 rings (SSSR count). The van der Waals surface area contributed by atoms with Crippen molar-refractivity contribution in [3.05, 3.63) is 0 Å². The second kappa shape index (κ2) is 5.37. The predicted molar refractivity (Wildman–Crippen MR) is 67.8 cm³/mol. The summed E-state index contributed by atoms with van der Waals surface area (Å²) in [6, 6.07) is 0. The highest BCUT2D eigenvalue weighted by Gasteiger charge is 2.39. The van der Waals surface area contributed by atoms with Gasteiger partial charge in [0.05, 0.1) is 0 Å². The summed E-state index contributed by atoms with van der Waals surface area (Å²) in [5.41, 5.74) is 0.406. The smallest absolute Gasteiger partial charge is 0.225 e. The van der Waals surface area contributed by atoms with E-state index in [2.05, 4.69) is 10.2 Å². The second-order valence-corrected chi connectivity index (χ2v) is 5.44. The molecule has 0 aliphatic carbocycles. The highest BCUT2D eigenvalue weighted by atomic mass is 35.5. The van der Waals surface area contributed by atoms with E-state index in [-0.39, 0.29) is 18.3 Å². The highest BCUT2D eigenvalue weighted by Crippen LogP contribution is 2.35. The third kappa shape index (κ3) is 2.69. The van der Waals surface area contributed by atoms with E-state index < -0.39 is 0 Å². The molecular formula is C12H23ClN2O. The largest absolute Gasteiger partial charge is 0.342 e. The van der Waals surface area contributed by atoms with Crippen molar-refractivity contribution in [1.82, 2.24) is 10.2 Å². The first-order valence-corrected chi connectivity index (χ1v) is 6.12. The number of rotatable bonds is 1. The van der Waals surface area contributed by atoms with Crippen LogP contribution in [0.2, 0.25) is 0 Å². The van der Waals surface area contributed by atoms with Gasteiger partial charge in [0.1, 0.15) is 0 Å². The fraction of sp³-hybridized carbons (Fsp3) is 0.917. The topological polar surface area (TPSA) is 32.3 Å². The summed E-state index contributed by atoms with van der Waals surface area (Å²) in [6.07, 6.45) is 3.72. The van der Waals surface area contributed by atoms with Crippen LogP contribution in [0.5, 0.6) is 0 Å². The van der Waals surface area contributed by atoms with Crippen molar-refractivity contribution < 1.29 is 4.79 Å². The van der Waals surface area contributed by atoms with Gasteiger partial charge < -0.3 is 10.2 Å². The van der Waals surface area contributed by atoms with Gasteiger partial charge in [-0.2, -0.15) is 0 Å². The Balaban J connectivity index is 0.00000128. The highest BCUT2D eigenvalue weighted by molar-refractivity contribution is 5.85. The molecule has 2 heterocycles. The molecule has 1 unspecified atom stereocenters. The van der Waals surface area contributed by atoms with Gasteiger partial charge >= 0.3 is 0 Å². The van der Waals surface area contributed by atoms with Gasteiger partial charge in [-0.05, 0) is 25.8 Å². The summed E-state index contributed by atoms with van der Waals surface area (Å²) in [4.78, 5) is 14.0. The first kappa shape index (κ1) is 13.8. The minimum absolute atomic E-state index is 0. The maximum absolute atomic E-state index is 11.9. The molecule has 0 aromatic heterocycles. The van der Waals surface area contributed by atoms with Crippen LogP contribution in [-0.4, -0.2) is 37.0 Å². The number of hydrogen-bond acceptors (Lipinski definition) is 2. The van der Waals surface area contributed by atoms with Gasteiger partial charge in [0.25, 0.3) is 0 Å². The van der Waals surface area contributed by atoms with Crippen LogP contribution in [0.25, 0.3) is 0 Å². The molecule has 2 aliphatic rings. The fourth-order valence-electron chi connectivity index (χ4n) is 2.91. The average Bonchev–Trinajstić information content (AvgIpc) is 2.65. The fourth-order valence-corrected chi connectivity index (χ4v) is 2.91. The summed E-state index contributed by atoms with van der Waals surface area (Å²) < 4.78 is 0. The third-order valence-electron chi connectivity index (χ3n) is 3.80. The Bertz CT molecular complexity index is 249. The molecule has 1 N–H and O–H groups in total. The number of nitrogens with one attached hydrogen (secondary N) is 1. The number of hydrogen-bond donors (Lipinski definition) is 1. The molecule has 2 fully saturated rings. The van der Waals surface area contributed by atoms with Gasteiger partial charge in [-0.1, -0.05) is 13.8 Å². The van der Waals surface area contributed by atoms with Crippen LogP contribution in [0.4, 0.5) is 0 Å². The maximum Gasteiger partial charge on any atom is 0.225 e. The number of piperidine rings is 1. The van der Waals surface area contributed by atoms with Gasteiger partial charge in [-0.15, -0.1) is 12.4 Å². The van der Waals surface area contributed by atoms with Crippen LogP contribution in [0.3, 0.4) is 0 Å². The van der Waals surface area contributed by atoms with Crippen molar-refractivity contribution in [2.45, 2.75) is 33.1 Å². The van der Waals surface area contributed by atoms with E-state index in [1.807, 2.05) is 13.8 Å². The van der Waals surface area contributed by atoms with E-state index in [0.29, 0.717) is 11.3 Å². The molecule has 1 amide bonds. The third-order valence-corrected chi connectivity index (χ3v) is 3.80. The Morgan fingerprint density at radius 1 is 1.38 bits per heavy atom. The number of carbonyl (C=O) groups is 1. The Kier molecular flexibility index (Phi) is 4.62. The molecule has 0 saturated carbocycles. The lowest BCUT2D eigenvalue weighted by Gasteiger charge is -2.40. The number of nitrogens with zero attached hydrogens (tertiary/aromatic N) is 1. The predicted octanol–water partition coefficient (Wildman–Crippen LogP) is 1.67. The molecule has 4 heteroatoms. The maximum atomic E-state index is 11.9. The normalized spacial score (nSPS) is 29.6. The standard InChI is InChI=1S/C12H22N2O.ClH/c1-10(2)11(15)14-7-3-4-12(9-14)5-6-13-8-12;/h10,13H,3-9H2,1-2H3;1H. The Hall–Kier alpha value is -0.280. The van der Waals surface area contributed by atoms with Gasteiger partial charge in [0.15, 0.2) is 0 Å². The van der Waals surface area contributed by atoms with E-state index >= 15 is 0 Å². The molecule has 1 spiro atoms. The van der Waals surface area contributed by atoms with E-state index in [1.54, 1.807) is 0 Å². The number of likely N-dealkylation sites (tertiary alicyclic amines) is 1. The Morgan fingerprint density at radius 3 is 2.69 bits per heavy atom. The number of halogens is 1. The lowest BCUT2D eigenvalue weighted by atomic mass is 9.79. The van der Waals surface area contributed by atoms with Crippen molar-refractivity contribution in [3.63, 3.8) is 0 Å². The number of carbonyl (C=O) groups excluding carboxylic acids is 1. The molecule has 0 aromatic rings. The molecule has 0 aromatic carbocycles. The monoisotopic (exact) mass is 246 g/mol. The van der Waals surface area contributed by atoms with Crippen LogP contribution >= 0.6 is 12.4 Å². The van der Waals surface area contributed by atoms with Crippen molar-refractivity contribution >= 4 is 18.3 Å². The van der Waals surface area contributed by atoms with Crippen LogP contribution in [0.15, 0.2) is 0 Å². The average molecular weight is 247 g/mol. The zero-order valence-electron chi connectivity index (χ0n) is 10.3. The molecule has 1 atom stereocenters. The van der Waals surface area contributed by atoms with Crippen molar-refractivity contribution in [1.29, 1.82) is 0 Å². The first-order valence-electron chi connectivity index (χ1n) is 6.12. The van der Waals surface area contributed by atoms with Crippen molar-refractivity contribution in [2.75, 3.05) is 26.2 Å². The van der Waals surface area contributed by atoms with E-state index in [9.17, 15) is 4.79 Å². The Labute approximate surface area is 104 Å². The molecule has 94 valence electrons. The first-order chi connectivity index (χ1) is 7.13. The van der Waals surface area contributed by atoms with E-state index in [0.717, 1.165) is 26.2 Å². The molecule has 2 aliphatic heterocycles. The molecule has 0 bridgehead atoms. The van der Waals surface area contributed by atoms with Crippen molar-refractivity contribution in [2.24, 2.45) is 11.3 Å². The summed E-state index contributed by atoms with van der Waals surface area (Å²) >= 11 is 0. The van der Waals surface area contributed by atoms with E-state index in [4.69, 9.17) is 0 Å². The van der Waals surface area contributed by atoms with Gasteiger partial charge in [0.2, 0.25) is 5.91 Å². The zero-order valence-corrected chi connectivity index (χ0v) is 11.1. The van der Waals surface area contributed by atoms with Crippen LogP contribution in [0.1, 0.15) is 33.1 Å². The summed E-state index contributed by atoms with van der Waals surface area (Å²) in [7, 11) is 0. The molecule has 0 radical (unpaired) electrons. The van der Waals surface area contributed by atoms with Gasteiger partial charge in [-0.3, -0.25) is 4.79 Å². The second-order valence-electron chi connectivity index (χ2n) is 5.44. The Morgan fingerprint density at radius 2 is 2.12 bits per heavy atom. The van der Waals surface area contributed by atoms with Crippen molar-refractivity contribution in [3.8, 4) is 0 Å². The quantitative estimate of drug-likeness (QED) is 0.764. The summed E-state index contributed by atoms with van der Waals surface area (Å²) in [5, 5.41) is 3.43. The lowest BCUT2D eigenvalue weighted by Crippen LogP contribution is -2.48. The zero-order chi connectivity index (χ0) is 10.9. The molecular weight excluding hydrogens is 224 g/mol. The minimum Gasteiger partial charge on any atom is -0.342 e. The van der Waals surface area contributed by atoms with Gasteiger partial charge in [-0.25, -0.2) is 0 Å².